The Morgan fingerprint density at radius 2 is 1.18 bits per heavy atom. The van der Waals surface area contributed by atoms with E-state index in [2.05, 4.69) is 74.4 Å². The van der Waals surface area contributed by atoms with Crippen LogP contribution >= 0.6 is 15.9 Å². The molecule has 3 aliphatic rings. The number of nitrogens with zero attached hydrogens (tertiary/aromatic N) is 2. The quantitative estimate of drug-likeness (QED) is 0.0325. The molecule has 1 saturated heterocycles. The standard InChI is InChI=1S/C76H99BrN16O27/c1-35(17-18-38-11-6-4-7-12-38)23-51(98)44-27-56(102)82-49(31-94)69(112)87-48-30-92-29-42(93(34-92)75-63(106)62(105)60(103)53(33-96)120-75)25-46(66(109)90-58(37(3)97)73(116)88-50(32-95)70(113)85-45(65(108)84-44)24-39-13-8-5-9-14-39)81-55(101)16-10-15-43(76(118)119)83-71(114)52(99)28-80-72(115)57(36(2)40-19-21-41(77)22-20-40)89-74(117)59(61(104)64(79)107)91-67(110)47(26-54(78)100)86-68(48)111/h4-9,11-14,17-23,29,34,36-37,43-53,57-63,75,94-99,103-106H,10,15-16,24-28,30-33H2,1-3H3,(H16-,78,79,80,81,82,83,84,85,86,87,88,89,90,91,100,101,102,107,108,109,110,111,112,113,114,115,116,117,118,119)/p+1/b18-17+,35-23+/t36-,37-,43-,44-,45-,46-,47-,48+,49-,50-,51-,52+,53+,57-,58-,59-,60-,61+,62-,63+,75?/m0/s1. The Labute approximate surface area is 693 Å². The van der Waals surface area contributed by atoms with Gasteiger partial charge in [-0.05, 0) is 55.5 Å². The number of aliphatic hydroxyl groups excluding tert-OH is 10. The summed E-state index contributed by atoms with van der Waals surface area (Å²) in [6.07, 6.45) is -18.4. The molecule has 0 saturated carbocycles. The highest BCUT2D eigenvalue weighted by Gasteiger charge is 2.49. The molecule has 21 atom stereocenters. The molecule has 7 rings (SSSR count). The number of aromatic nitrogens is 2. The molecule has 4 bridgehead atoms. The van der Waals surface area contributed by atoms with Gasteiger partial charge in [0.2, 0.25) is 89.3 Å². The Morgan fingerprint density at radius 1 is 0.600 bits per heavy atom. The number of primary amides is 2. The smallest absolute Gasteiger partial charge is 0.326 e. The summed E-state index contributed by atoms with van der Waals surface area (Å²) in [5.74, 6) is -22.8. The van der Waals surface area contributed by atoms with Crippen LogP contribution in [0.4, 0.5) is 0 Å². The maximum Gasteiger partial charge on any atom is 0.326 e. The van der Waals surface area contributed by atoms with Gasteiger partial charge in [-0.1, -0.05) is 119 Å². The maximum atomic E-state index is 15.4. The summed E-state index contributed by atoms with van der Waals surface area (Å²) < 4.78 is 8.27. The molecule has 0 aliphatic carbocycles. The summed E-state index contributed by atoms with van der Waals surface area (Å²) >= 11 is 3.29. The van der Waals surface area contributed by atoms with Crippen molar-refractivity contribution in [3.8, 4) is 0 Å². The monoisotopic (exact) mass is 1750 g/mol. The van der Waals surface area contributed by atoms with Crippen LogP contribution in [0.3, 0.4) is 0 Å². The molecule has 4 aromatic rings. The van der Waals surface area contributed by atoms with Crippen LogP contribution in [-0.2, 0) is 96.0 Å². The van der Waals surface area contributed by atoms with Crippen LogP contribution in [-0.4, -0.2) is 291 Å². The molecule has 0 spiro atoms. The van der Waals surface area contributed by atoms with E-state index in [9.17, 15) is 119 Å². The lowest BCUT2D eigenvalue weighted by molar-refractivity contribution is -0.783. The second-order valence-electron chi connectivity index (χ2n) is 28.9. The van der Waals surface area contributed by atoms with E-state index in [4.69, 9.17) is 16.2 Å². The van der Waals surface area contributed by atoms with Crippen LogP contribution in [0.5, 0.6) is 0 Å². The van der Waals surface area contributed by atoms with E-state index in [1.807, 2.05) is 5.32 Å². The predicted molar refractivity (Wildman–Crippen MR) is 417 cm³/mol. The first kappa shape index (κ1) is 95.6. The fourth-order valence-corrected chi connectivity index (χ4v) is 13.2. The zero-order valence-corrected chi connectivity index (χ0v) is 66.5. The van der Waals surface area contributed by atoms with Crippen molar-refractivity contribution in [2.75, 3.05) is 26.4 Å². The van der Waals surface area contributed by atoms with Gasteiger partial charge in [0.05, 0.1) is 51.0 Å². The molecule has 1 aromatic heterocycles. The highest BCUT2D eigenvalue weighted by atomic mass is 79.9. The van der Waals surface area contributed by atoms with Gasteiger partial charge in [-0.2, -0.15) is 0 Å². The van der Waals surface area contributed by atoms with Crippen molar-refractivity contribution in [3.05, 3.63) is 142 Å². The zero-order valence-electron chi connectivity index (χ0n) is 65.0. The predicted octanol–water partition coefficient (Wildman–Crippen LogP) is -10.3. The van der Waals surface area contributed by atoms with Gasteiger partial charge >= 0.3 is 5.97 Å². The van der Waals surface area contributed by atoms with Gasteiger partial charge in [0.15, 0.2) is 6.10 Å². The first-order chi connectivity index (χ1) is 56.8. The van der Waals surface area contributed by atoms with Crippen LogP contribution in [0, 0.1) is 0 Å². The number of nitrogens with one attached hydrogen (secondary N) is 12. The highest BCUT2D eigenvalue weighted by molar-refractivity contribution is 9.10. The van der Waals surface area contributed by atoms with Crippen LogP contribution in [0.15, 0.2) is 120 Å². The van der Waals surface area contributed by atoms with E-state index in [1.165, 1.54) is 37.3 Å². The highest BCUT2D eigenvalue weighted by Crippen LogP contribution is 2.27. The number of hydrogen-bond acceptors (Lipinski definition) is 26. The van der Waals surface area contributed by atoms with Crippen molar-refractivity contribution in [1.29, 1.82) is 0 Å². The van der Waals surface area contributed by atoms with Crippen LogP contribution in [0.2, 0.25) is 0 Å². The number of carbonyl (C=O) groups is 15. The number of aliphatic carboxylic acids is 1. The van der Waals surface area contributed by atoms with Crippen LogP contribution < -0.4 is 79.8 Å². The molecule has 3 aromatic carbocycles. The Bertz CT molecular complexity index is 4390. The fourth-order valence-electron chi connectivity index (χ4n) is 13.0. The molecule has 3 aliphatic heterocycles. The first-order valence-electron chi connectivity index (χ1n) is 37.8. The van der Waals surface area contributed by atoms with Gasteiger partial charge in [-0.15, -0.1) is 0 Å². The third kappa shape index (κ3) is 27.2. The Balaban J connectivity index is 1.45. The van der Waals surface area contributed by atoms with Crippen molar-refractivity contribution in [2.24, 2.45) is 11.5 Å². The fraction of sp³-hybridized carbons (Fsp3) is 0.474. The lowest BCUT2D eigenvalue weighted by atomic mass is 9.92. The number of carbonyl (C=O) groups excluding carboxylic acids is 14. The summed E-state index contributed by atoms with van der Waals surface area (Å²) in [6, 6.07) is -0.629. The van der Waals surface area contributed by atoms with Gasteiger partial charge in [0.1, 0.15) is 109 Å². The summed E-state index contributed by atoms with van der Waals surface area (Å²) in [5.41, 5.74) is 12.4. The number of ether oxygens (including phenoxy) is 1. The molecule has 1 unspecified atom stereocenters. The van der Waals surface area contributed by atoms with Crippen molar-refractivity contribution in [2.45, 2.75) is 200 Å². The minimum absolute atomic E-state index is 0.286. The minimum Gasteiger partial charge on any atom is -0.480 e. The average molecular weight is 1750 g/mol. The molecule has 1 fully saturated rings. The third-order valence-electron chi connectivity index (χ3n) is 19.7. The molecular weight excluding hydrogens is 1650 g/mol. The van der Waals surface area contributed by atoms with E-state index in [0.29, 0.717) is 21.2 Å². The van der Waals surface area contributed by atoms with Crippen LogP contribution in [0.25, 0.3) is 6.08 Å². The second kappa shape index (κ2) is 45.0. The van der Waals surface area contributed by atoms with E-state index in [1.54, 1.807) is 79.7 Å². The molecule has 44 heteroatoms. The number of benzene rings is 3. The summed E-state index contributed by atoms with van der Waals surface area (Å²) in [7, 11) is 0. The summed E-state index contributed by atoms with van der Waals surface area (Å²) in [4.78, 5) is 215. The molecule has 4 heterocycles. The number of carboxylic acids is 1. The lowest BCUT2D eigenvalue weighted by Gasteiger charge is -2.38. The number of amides is 14. The Morgan fingerprint density at radius 3 is 1.79 bits per heavy atom. The van der Waals surface area contributed by atoms with Crippen molar-refractivity contribution in [1.82, 2.24) is 68.4 Å². The maximum absolute atomic E-state index is 15.4. The molecule has 43 nitrogen and oxygen atoms in total. The molecule has 0 radical (unpaired) electrons. The van der Waals surface area contributed by atoms with Crippen molar-refractivity contribution in [3.63, 3.8) is 0 Å². The number of fused-ring (bicyclic) bond motifs is 2. The van der Waals surface area contributed by atoms with Gasteiger partial charge in [-0.25, -0.2) is 13.9 Å². The van der Waals surface area contributed by atoms with E-state index in [0.717, 1.165) is 28.6 Å². The normalized spacial score (nSPS) is 28.3. The topological polar surface area (TPSA) is 693 Å². The lowest BCUT2D eigenvalue weighted by Crippen LogP contribution is -2.64. The number of imidazole rings is 1. The minimum atomic E-state index is -2.76. The van der Waals surface area contributed by atoms with Gasteiger partial charge in [-0.3, -0.25) is 67.1 Å². The number of rotatable bonds is 18. The van der Waals surface area contributed by atoms with Gasteiger partial charge < -0.3 is 136 Å². The van der Waals surface area contributed by atoms with Gasteiger partial charge in [0.25, 0.3) is 5.91 Å². The number of halogens is 1. The SMILES string of the molecule is CC(/C=C/c1ccccc1)=C\[C@H](O)[C@@H]1CC(=O)N[C@@H](CO)C(=O)N[C@@H]2Cn3cc([n+](C4O[C@H](CO)[C@H](O)[C@H](O)[C@H]4O)c3)C[C@H](NC(=O)CCC[C@@H](C(=O)O)NC(=O)[C@H](O)CNC(=O)[C@H]([C@@H](C)c3ccc(Br)cc3)NC(=O)[C@H]([C@@H](O)C(N)=O)NC(=O)[C@H](CC(N)=O)NC2=O)C(=O)N[C@@H]([C@H](C)O)C(=O)N[C@@H](CO)C(=O)N[C@@H](Cc2ccccc2)C(=O)N1. The average Bonchev–Trinajstić information content (AvgIpc) is 1.59. The Hall–Kier alpha value is -11.6. The number of carboxylic acid groups (broad SMARTS) is 1. The summed E-state index contributed by atoms with van der Waals surface area (Å²) in [5, 5.41) is 149. The molecule has 120 heavy (non-hydrogen) atoms. The van der Waals surface area contributed by atoms with E-state index < -0.39 is 300 Å². The largest absolute Gasteiger partial charge is 0.480 e. The first-order valence-corrected chi connectivity index (χ1v) is 38.6. The van der Waals surface area contributed by atoms with E-state index in [-0.39, 0.29) is 5.56 Å². The number of aliphatic hydroxyl groups is 10. The second-order valence-corrected chi connectivity index (χ2v) is 29.8. The van der Waals surface area contributed by atoms with Crippen molar-refractivity contribution < 1.29 is 137 Å². The molecule has 14 amide bonds. The number of β-amino-alcohol motifs (C(OH)–C–C–N with tert-alkyl or cyclic N) is 1. The van der Waals surface area contributed by atoms with Gasteiger partial charge in [0, 0.05) is 36.1 Å². The Kier molecular flexibility index (Phi) is 35.9. The third-order valence-corrected chi connectivity index (χ3v) is 20.2. The zero-order chi connectivity index (χ0) is 88.5. The number of hydrogen-bond donors (Lipinski definition) is 25. The van der Waals surface area contributed by atoms with E-state index >= 15 is 9.59 Å². The summed E-state index contributed by atoms with van der Waals surface area (Å²) in [6.45, 7) is -1.90. The van der Waals surface area contributed by atoms with Crippen LogP contribution in [0.1, 0.15) is 87.4 Å². The molecular formula is C76H100BrN16O27+. The molecule has 652 valence electrons. The van der Waals surface area contributed by atoms with Crippen molar-refractivity contribution >= 4 is 111 Å². The number of nitrogens with two attached hydrogens (primary N) is 2. The molecule has 27 N–H and O–H groups in total. The number of allylic oxidation sites excluding steroid dienone is 2.